The molecule has 1 aliphatic carbocycles. The molecular weight excluding hydrogens is 572 g/mol. The first-order chi connectivity index (χ1) is 22.8. The minimum atomic E-state index is -0.154. The summed E-state index contributed by atoms with van der Waals surface area (Å²) in [5.41, 5.74) is 14.8. The van der Waals surface area contributed by atoms with Crippen LogP contribution in [0.4, 0.5) is 0 Å². The smallest absolute Gasteiger partial charge is 0.136 e. The summed E-state index contributed by atoms with van der Waals surface area (Å²) in [6.45, 7) is 9.55. The highest BCUT2D eigenvalue weighted by Crippen LogP contribution is 2.56. The molecular formula is C44H34N2O. The van der Waals surface area contributed by atoms with E-state index in [0.29, 0.717) is 0 Å². The van der Waals surface area contributed by atoms with Gasteiger partial charge in [0.15, 0.2) is 0 Å². The normalized spacial score (nSPS) is 14.7. The molecule has 3 heteroatoms. The van der Waals surface area contributed by atoms with E-state index in [1.54, 1.807) is 0 Å². The van der Waals surface area contributed by atoms with Gasteiger partial charge in [-0.1, -0.05) is 125 Å². The quantitative estimate of drug-likeness (QED) is 0.201. The second-order valence-electron chi connectivity index (χ2n) is 13.8. The Morgan fingerprint density at radius 2 is 1.06 bits per heavy atom. The Hall–Kier alpha value is -5.54. The van der Waals surface area contributed by atoms with Crippen molar-refractivity contribution in [2.24, 2.45) is 0 Å². The molecule has 0 unspecified atom stereocenters. The fourth-order valence-corrected chi connectivity index (χ4v) is 7.60. The molecule has 0 atom stereocenters. The molecule has 6 aromatic carbocycles. The van der Waals surface area contributed by atoms with Crippen LogP contribution in [0.15, 0.2) is 138 Å². The number of nitrogens with zero attached hydrogens (tertiary/aromatic N) is 2. The molecule has 0 radical (unpaired) electrons. The van der Waals surface area contributed by atoms with Crippen molar-refractivity contribution >= 4 is 33.0 Å². The number of hydrogen-bond acceptors (Lipinski definition) is 3. The van der Waals surface area contributed by atoms with Gasteiger partial charge in [0, 0.05) is 21.9 Å². The Bertz CT molecular complexity index is 2520. The van der Waals surface area contributed by atoms with Crippen molar-refractivity contribution in [1.82, 2.24) is 9.97 Å². The standard InChI is InChI=1S/C44H34N2O/c1-43(2)34-17-12-16-30(27-13-6-5-7-14-27)40(34)33-24-22-28(25-35(33)44(43,3)4)41-42(46-37-19-10-9-18-36(37)45-41)29-21-23-32-31-15-8-11-20-38(31)47-39(32)26-29/h5-26H,1-4H3. The summed E-state index contributed by atoms with van der Waals surface area (Å²) in [6, 6.07) is 47.3. The summed E-state index contributed by atoms with van der Waals surface area (Å²) in [5, 5.41) is 2.22. The van der Waals surface area contributed by atoms with Gasteiger partial charge >= 0.3 is 0 Å². The lowest BCUT2D eigenvalue weighted by atomic mass is 9.54. The maximum atomic E-state index is 6.30. The SMILES string of the molecule is CC1(C)c2cc(-c3nc4ccccc4nc3-c3ccc4c(c3)oc3ccccc34)ccc2-c2c(-c3ccccc3)cccc2C1(C)C. The third-order valence-corrected chi connectivity index (χ3v) is 10.8. The Kier molecular flexibility index (Phi) is 5.89. The number of aromatic nitrogens is 2. The minimum Gasteiger partial charge on any atom is -0.456 e. The van der Waals surface area contributed by atoms with Crippen molar-refractivity contribution in [2.45, 2.75) is 38.5 Å². The number of fused-ring (bicyclic) bond motifs is 7. The number of benzene rings is 6. The van der Waals surface area contributed by atoms with E-state index in [1.807, 2.05) is 36.4 Å². The van der Waals surface area contributed by atoms with Crippen LogP contribution in [0.25, 0.3) is 77.7 Å². The van der Waals surface area contributed by atoms with Gasteiger partial charge in [0.25, 0.3) is 0 Å². The molecule has 2 aromatic heterocycles. The van der Waals surface area contributed by atoms with Gasteiger partial charge < -0.3 is 4.42 Å². The molecule has 9 rings (SSSR count). The van der Waals surface area contributed by atoms with E-state index in [4.69, 9.17) is 14.4 Å². The van der Waals surface area contributed by atoms with Crippen LogP contribution in [0.5, 0.6) is 0 Å². The molecule has 0 bridgehead atoms. The van der Waals surface area contributed by atoms with Gasteiger partial charge in [0.1, 0.15) is 11.2 Å². The molecule has 0 aliphatic heterocycles. The van der Waals surface area contributed by atoms with Crippen molar-refractivity contribution < 1.29 is 4.42 Å². The zero-order chi connectivity index (χ0) is 31.9. The van der Waals surface area contributed by atoms with Crippen LogP contribution < -0.4 is 0 Å². The predicted octanol–water partition coefficient (Wildman–Crippen LogP) is 11.8. The first-order valence-corrected chi connectivity index (χ1v) is 16.3. The third-order valence-electron chi connectivity index (χ3n) is 10.8. The van der Waals surface area contributed by atoms with Gasteiger partial charge in [-0.05, 0) is 80.6 Å². The predicted molar refractivity (Wildman–Crippen MR) is 195 cm³/mol. The molecule has 2 heterocycles. The Balaban J connectivity index is 1.29. The number of para-hydroxylation sites is 3. The Labute approximate surface area is 274 Å². The second-order valence-corrected chi connectivity index (χ2v) is 13.8. The van der Waals surface area contributed by atoms with Crippen molar-refractivity contribution in [3.8, 4) is 44.8 Å². The molecule has 0 saturated heterocycles. The van der Waals surface area contributed by atoms with Crippen LogP contribution in [-0.4, -0.2) is 9.97 Å². The van der Waals surface area contributed by atoms with E-state index in [-0.39, 0.29) is 10.8 Å². The summed E-state index contributed by atoms with van der Waals surface area (Å²) in [5.74, 6) is 0. The van der Waals surface area contributed by atoms with Crippen LogP contribution in [0.1, 0.15) is 38.8 Å². The van der Waals surface area contributed by atoms with Crippen LogP contribution >= 0.6 is 0 Å². The zero-order valence-electron chi connectivity index (χ0n) is 27.0. The number of hydrogen-bond donors (Lipinski definition) is 0. The lowest BCUT2D eigenvalue weighted by Crippen LogP contribution is -2.43. The summed E-state index contributed by atoms with van der Waals surface area (Å²) in [6.07, 6.45) is 0. The second kappa shape index (κ2) is 9.98. The van der Waals surface area contributed by atoms with Crippen LogP contribution in [0.3, 0.4) is 0 Å². The lowest BCUT2D eigenvalue weighted by molar-refractivity contribution is 0.299. The molecule has 47 heavy (non-hydrogen) atoms. The van der Waals surface area contributed by atoms with Crippen molar-refractivity contribution in [3.05, 3.63) is 145 Å². The lowest BCUT2D eigenvalue weighted by Gasteiger charge is -2.49. The van der Waals surface area contributed by atoms with E-state index in [0.717, 1.165) is 55.5 Å². The van der Waals surface area contributed by atoms with Crippen LogP contribution in [0, 0.1) is 0 Å². The minimum absolute atomic E-state index is 0.122. The molecule has 0 spiro atoms. The van der Waals surface area contributed by atoms with Gasteiger partial charge in [-0.2, -0.15) is 0 Å². The largest absolute Gasteiger partial charge is 0.456 e. The van der Waals surface area contributed by atoms with Gasteiger partial charge in [0.05, 0.1) is 22.4 Å². The molecule has 0 amide bonds. The highest BCUT2D eigenvalue weighted by Gasteiger charge is 2.46. The Morgan fingerprint density at radius 1 is 0.447 bits per heavy atom. The number of furan rings is 1. The first kappa shape index (κ1) is 27.7. The fourth-order valence-electron chi connectivity index (χ4n) is 7.60. The fraction of sp³-hybridized carbons (Fsp3) is 0.136. The third kappa shape index (κ3) is 4.06. The molecule has 226 valence electrons. The van der Waals surface area contributed by atoms with E-state index in [9.17, 15) is 0 Å². The highest BCUT2D eigenvalue weighted by molar-refractivity contribution is 6.06. The molecule has 1 aliphatic rings. The molecule has 3 nitrogen and oxygen atoms in total. The topological polar surface area (TPSA) is 38.9 Å². The van der Waals surface area contributed by atoms with E-state index in [1.165, 1.54) is 33.4 Å². The molecule has 0 N–H and O–H groups in total. The van der Waals surface area contributed by atoms with E-state index < -0.39 is 0 Å². The van der Waals surface area contributed by atoms with Crippen LogP contribution in [-0.2, 0) is 10.8 Å². The number of rotatable bonds is 3. The van der Waals surface area contributed by atoms with Gasteiger partial charge in [-0.3, -0.25) is 0 Å². The Morgan fingerprint density at radius 3 is 1.83 bits per heavy atom. The van der Waals surface area contributed by atoms with Gasteiger partial charge in [0.2, 0.25) is 0 Å². The summed E-state index contributed by atoms with van der Waals surface area (Å²) in [7, 11) is 0. The summed E-state index contributed by atoms with van der Waals surface area (Å²) < 4.78 is 6.30. The average Bonchev–Trinajstić information content (AvgIpc) is 3.48. The summed E-state index contributed by atoms with van der Waals surface area (Å²) in [4.78, 5) is 10.5. The van der Waals surface area contributed by atoms with E-state index >= 15 is 0 Å². The monoisotopic (exact) mass is 606 g/mol. The molecule has 8 aromatic rings. The first-order valence-electron chi connectivity index (χ1n) is 16.3. The molecule has 0 saturated carbocycles. The van der Waals surface area contributed by atoms with Gasteiger partial charge in [-0.15, -0.1) is 0 Å². The summed E-state index contributed by atoms with van der Waals surface area (Å²) >= 11 is 0. The zero-order valence-corrected chi connectivity index (χ0v) is 27.0. The van der Waals surface area contributed by atoms with Crippen LogP contribution in [0.2, 0.25) is 0 Å². The van der Waals surface area contributed by atoms with E-state index in [2.05, 4.69) is 125 Å². The van der Waals surface area contributed by atoms with Crippen molar-refractivity contribution in [1.29, 1.82) is 0 Å². The van der Waals surface area contributed by atoms with Gasteiger partial charge in [-0.25, -0.2) is 9.97 Å². The van der Waals surface area contributed by atoms with Crippen molar-refractivity contribution in [3.63, 3.8) is 0 Å². The average molecular weight is 607 g/mol. The maximum Gasteiger partial charge on any atom is 0.136 e. The highest BCUT2D eigenvalue weighted by atomic mass is 16.3. The van der Waals surface area contributed by atoms with Crippen molar-refractivity contribution in [2.75, 3.05) is 0 Å². The maximum absolute atomic E-state index is 6.30. The molecule has 0 fully saturated rings.